The lowest BCUT2D eigenvalue weighted by Gasteiger charge is -2.35. The van der Waals surface area contributed by atoms with Gasteiger partial charge in [-0.1, -0.05) is 12.1 Å². The van der Waals surface area contributed by atoms with E-state index in [2.05, 4.69) is 9.97 Å². The molecule has 0 aliphatic carbocycles. The van der Waals surface area contributed by atoms with Gasteiger partial charge >= 0.3 is 20.8 Å². The van der Waals surface area contributed by atoms with Crippen molar-refractivity contribution in [3.8, 4) is 0 Å². The van der Waals surface area contributed by atoms with E-state index < -0.39 is 44.3 Å². The third kappa shape index (κ3) is 4.63. The van der Waals surface area contributed by atoms with Gasteiger partial charge in [0.1, 0.15) is 5.82 Å². The van der Waals surface area contributed by atoms with Gasteiger partial charge < -0.3 is 14.9 Å². The highest BCUT2D eigenvalue weighted by molar-refractivity contribution is 7.83. The summed E-state index contributed by atoms with van der Waals surface area (Å²) in [7, 11) is -6.40. The van der Waals surface area contributed by atoms with Crippen molar-refractivity contribution >= 4 is 26.7 Å². The number of hydrogen-bond acceptors (Lipinski definition) is 13. The molecule has 13 nitrogen and oxygen atoms in total. The summed E-state index contributed by atoms with van der Waals surface area (Å²) in [5.74, 6) is -6.09. The Labute approximate surface area is 195 Å². The normalized spacial score (nSPS) is 29.6. The van der Waals surface area contributed by atoms with Crippen LogP contribution in [0.1, 0.15) is 5.56 Å². The maximum Gasteiger partial charge on any atom is 0.406 e. The van der Waals surface area contributed by atoms with E-state index in [1.165, 1.54) is 0 Å². The summed E-state index contributed by atoms with van der Waals surface area (Å²) in [5, 5.41) is 11.3. The van der Waals surface area contributed by atoms with Crippen molar-refractivity contribution in [1.29, 1.82) is 0 Å². The Kier molecular flexibility index (Phi) is 6.36. The molecule has 2 fully saturated rings. The average molecular weight is 521 g/mol. The molecular formula is C18H21FN4O9S2. The van der Waals surface area contributed by atoms with Crippen LogP contribution >= 0.6 is 0 Å². The first-order valence-electron chi connectivity index (χ1n) is 9.81. The number of anilines is 1. The van der Waals surface area contributed by atoms with Gasteiger partial charge in [0.15, 0.2) is 6.10 Å². The van der Waals surface area contributed by atoms with Crippen LogP contribution in [0.3, 0.4) is 0 Å². The highest BCUT2D eigenvalue weighted by atomic mass is 32.3. The minimum absolute atomic E-state index is 0.273. The van der Waals surface area contributed by atoms with Crippen LogP contribution in [0.2, 0.25) is 0 Å². The standard InChI is InChI=1S/C18H21FN4O9S2/c1-22(10-11-23(2)16-20-8-3-9-21-16)12-15-18(31-33(25,26)29-15)17(24,30-34(27,28)32-18)13-4-6-14(19)7-5-13/h3-9,15,24H,10-12H2,1-2H3. The summed E-state index contributed by atoms with van der Waals surface area (Å²) in [6.07, 6.45) is 1.47. The molecule has 2 aliphatic heterocycles. The number of aliphatic hydroxyl groups is 1. The Bertz CT molecular complexity index is 1250. The third-order valence-corrected chi connectivity index (χ3v) is 7.05. The first-order chi connectivity index (χ1) is 15.9. The molecule has 1 spiro atoms. The zero-order valence-corrected chi connectivity index (χ0v) is 19.6. The maximum absolute atomic E-state index is 13.4. The molecule has 1 aromatic heterocycles. The third-order valence-electron chi connectivity index (χ3n) is 5.23. The van der Waals surface area contributed by atoms with E-state index in [9.17, 15) is 26.3 Å². The van der Waals surface area contributed by atoms with Gasteiger partial charge in [-0.15, -0.1) is 0 Å². The van der Waals surface area contributed by atoms with Crippen molar-refractivity contribution < 1.29 is 43.1 Å². The molecule has 4 rings (SSSR count). The van der Waals surface area contributed by atoms with E-state index in [1.54, 1.807) is 42.4 Å². The molecule has 0 saturated carbocycles. The molecule has 3 atom stereocenters. The molecule has 0 bridgehead atoms. The first kappa shape index (κ1) is 24.8. The van der Waals surface area contributed by atoms with Gasteiger partial charge in [-0.05, 0) is 25.2 Å². The number of nitrogens with zero attached hydrogens (tertiary/aromatic N) is 4. The number of halogens is 1. The van der Waals surface area contributed by atoms with E-state index >= 15 is 0 Å². The van der Waals surface area contributed by atoms with E-state index in [0.717, 1.165) is 24.3 Å². The smallest absolute Gasteiger partial charge is 0.357 e. The van der Waals surface area contributed by atoms with Crippen molar-refractivity contribution in [3.05, 3.63) is 54.1 Å². The molecule has 0 amide bonds. The lowest BCUT2D eigenvalue weighted by Crippen LogP contribution is -2.58. The van der Waals surface area contributed by atoms with Gasteiger partial charge in [-0.25, -0.2) is 31.1 Å². The molecule has 3 unspecified atom stereocenters. The zero-order valence-electron chi connectivity index (χ0n) is 17.9. The highest BCUT2D eigenvalue weighted by Gasteiger charge is 2.76. The van der Waals surface area contributed by atoms with E-state index in [4.69, 9.17) is 16.7 Å². The minimum Gasteiger partial charge on any atom is -0.357 e. The molecule has 1 N–H and O–H groups in total. The number of likely N-dealkylation sites (N-methyl/N-ethyl adjacent to an activating group) is 2. The molecule has 0 radical (unpaired) electrons. The highest BCUT2D eigenvalue weighted by Crippen LogP contribution is 2.53. The summed E-state index contributed by atoms with van der Waals surface area (Å²) < 4.78 is 81.7. The van der Waals surface area contributed by atoms with Crippen LogP contribution < -0.4 is 4.90 Å². The molecule has 186 valence electrons. The van der Waals surface area contributed by atoms with Gasteiger partial charge in [-0.3, -0.25) is 0 Å². The Morgan fingerprint density at radius 1 is 1.00 bits per heavy atom. The topological polar surface area (TPSA) is 158 Å². The van der Waals surface area contributed by atoms with Crippen LogP contribution in [0.15, 0.2) is 42.7 Å². The van der Waals surface area contributed by atoms with Gasteiger partial charge in [0.25, 0.3) is 11.6 Å². The Morgan fingerprint density at radius 3 is 2.26 bits per heavy atom. The van der Waals surface area contributed by atoms with Crippen LogP contribution in [-0.4, -0.2) is 82.4 Å². The molecule has 2 saturated heterocycles. The largest absolute Gasteiger partial charge is 0.406 e. The molecule has 2 aromatic rings. The molecule has 2 aliphatic rings. The molecule has 34 heavy (non-hydrogen) atoms. The monoisotopic (exact) mass is 520 g/mol. The second kappa shape index (κ2) is 8.72. The predicted molar refractivity (Wildman–Crippen MR) is 112 cm³/mol. The van der Waals surface area contributed by atoms with Crippen LogP contribution in [0.25, 0.3) is 0 Å². The number of hydrogen-bond donors (Lipinski definition) is 1. The Hall–Kier alpha value is -2.31. The summed E-state index contributed by atoms with van der Waals surface area (Å²) >= 11 is 0. The maximum atomic E-state index is 13.4. The van der Waals surface area contributed by atoms with Gasteiger partial charge in [0, 0.05) is 44.6 Å². The first-order valence-corrected chi connectivity index (χ1v) is 12.5. The molecule has 1 aromatic carbocycles. The molecule has 3 heterocycles. The van der Waals surface area contributed by atoms with Gasteiger partial charge in [0.2, 0.25) is 5.95 Å². The van der Waals surface area contributed by atoms with E-state index in [1.807, 2.05) is 0 Å². The number of rotatable bonds is 7. The Morgan fingerprint density at radius 2 is 1.62 bits per heavy atom. The predicted octanol–water partition coefficient (Wildman–Crippen LogP) is -0.523. The van der Waals surface area contributed by atoms with Crippen LogP contribution in [0, 0.1) is 5.82 Å². The van der Waals surface area contributed by atoms with E-state index in [0.29, 0.717) is 19.0 Å². The summed E-state index contributed by atoms with van der Waals surface area (Å²) in [4.78, 5) is 11.6. The summed E-state index contributed by atoms with van der Waals surface area (Å²) in [5.41, 5.74) is -0.329. The van der Waals surface area contributed by atoms with Crippen LogP contribution in [0.4, 0.5) is 10.3 Å². The number of benzene rings is 1. The fraction of sp³-hybridized carbons (Fsp3) is 0.444. The van der Waals surface area contributed by atoms with Gasteiger partial charge in [0.05, 0.1) is 0 Å². The van der Waals surface area contributed by atoms with Crippen LogP contribution in [-0.2, 0) is 43.3 Å². The summed E-state index contributed by atoms with van der Waals surface area (Å²) in [6.45, 7) is 0.435. The minimum atomic E-state index is -4.94. The lowest BCUT2D eigenvalue weighted by molar-refractivity contribution is -0.298. The zero-order chi connectivity index (χ0) is 24.8. The lowest BCUT2D eigenvalue weighted by atomic mass is 9.92. The SMILES string of the molecule is CN(CCN(C)c1ncccn1)CC1OS(=O)(=O)OC12OS(=O)(=O)OC2(O)c1ccc(F)cc1. The van der Waals surface area contributed by atoms with Crippen molar-refractivity contribution in [2.24, 2.45) is 0 Å². The summed E-state index contributed by atoms with van der Waals surface area (Å²) in [6, 6.07) is 5.52. The number of aromatic nitrogens is 2. The van der Waals surface area contributed by atoms with Crippen molar-refractivity contribution in [1.82, 2.24) is 14.9 Å². The van der Waals surface area contributed by atoms with Crippen molar-refractivity contribution in [3.63, 3.8) is 0 Å². The Balaban J connectivity index is 1.60. The van der Waals surface area contributed by atoms with Crippen molar-refractivity contribution in [2.75, 3.05) is 38.6 Å². The quantitative estimate of drug-likeness (QED) is 0.497. The van der Waals surface area contributed by atoms with Crippen LogP contribution in [0.5, 0.6) is 0 Å². The second-order valence-electron chi connectivity index (χ2n) is 7.70. The molecular weight excluding hydrogens is 499 g/mol. The van der Waals surface area contributed by atoms with E-state index in [-0.39, 0.29) is 12.1 Å². The molecule has 16 heteroatoms. The second-order valence-corrected chi connectivity index (χ2v) is 10.0. The fourth-order valence-electron chi connectivity index (χ4n) is 3.56. The average Bonchev–Trinajstić information content (AvgIpc) is 3.14. The van der Waals surface area contributed by atoms with Crippen molar-refractivity contribution in [2.45, 2.75) is 17.7 Å². The fourth-order valence-corrected chi connectivity index (χ4v) is 5.77. The van der Waals surface area contributed by atoms with Gasteiger partial charge in [-0.2, -0.15) is 16.8 Å².